The van der Waals surface area contributed by atoms with Gasteiger partial charge in [-0.05, 0) is 43.9 Å². The molecule has 1 N–H and O–H groups in total. The maximum atomic E-state index is 12.6. The lowest BCUT2D eigenvalue weighted by molar-refractivity contribution is 0.0742. The number of carbonyl (C=O) groups excluding carboxylic acids is 1. The van der Waals surface area contributed by atoms with Gasteiger partial charge >= 0.3 is 0 Å². The molecule has 0 fully saturated rings. The molecule has 5 heteroatoms. The van der Waals surface area contributed by atoms with Crippen molar-refractivity contribution >= 4 is 23.5 Å². The summed E-state index contributed by atoms with van der Waals surface area (Å²) < 4.78 is 0. The van der Waals surface area contributed by atoms with Gasteiger partial charge in [-0.25, -0.2) is 4.98 Å². The topological polar surface area (TPSA) is 45.2 Å². The average molecular weight is 295 g/mol. The minimum Gasteiger partial charge on any atom is -0.369 e. The Kier molecular flexibility index (Phi) is 7.44. The third-order valence-corrected chi connectivity index (χ3v) is 3.95. The Balaban J connectivity index is 2.80. The van der Waals surface area contributed by atoms with Crippen LogP contribution in [0.25, 0.3) is 0 Å². The Morgan fingerprint density at radius 1 is 1.55 bits per heavy atom. The van der Waals surface area contributed by atoms with Crippen molar-refractivity contribution in [1.29, 1.82) is 0 Å². The highest BCUT2D eigenvalue weighted by molar-refractivity contribution is 7.98. The molecule has 1 rings (SSSR count). The van der Waals surface area contributed by atoms with E-state index in [-0.39, 0.29) is 11.9 Å². The first kappa shape index (κ1) is 16.8. The fourth-order valence-electron chi connectivity index (χ4n) is 1.83. The minimum absolute atomic E-state index is 0.0327. The monoisotopic (exact) mass is 295 g/mol. The summed E-state index contributed by atoms with van der Waals surface area (Å²) in [4.78, 5) is 18.7. The first-order valence-corrected chi connectivity index (χ1v) is 8.46. The molecule has 0 aliphatic rings. The Hall–Kier alpha value is -1.23. The molecule has 20 heavy (non-hydrogen) atoms. The molecule has 0 radical (unpaired) electrons. The van der Waals surface area contributed by atoms with E-state index in [2.05, 4.69) is 30.4 Å². The number of pyridine rings is 1. The van der Waals surface area contributed by atoms with E-state index >= 15 is 0 Å². The van der Waals surface area contributed by atoms with Crippen molar-refractivity contribution < 1.29 is 4.79 Å². The second-order valence-corrected chi connectivity index (χ2v) is 5.86. The van der Waals surface area contributed by atoms with Crippen LogP contribution in [0.2, 0.25) is 0 Å². The van der Waals surface area contributed by atoms with E-state index in [1.165, 1.54) is 0 Å². The van der Waals surface area contributed by atoms with E-state index in [0.29, 0.717) is 11.4 Å². The second-order valence-electron chi connectivity index (χ2n) is 4.87. The number of nitrogens with zero attached hydrogens (tertiary/aromatic N) is 2. The lowest BCUT2D eigenvalue weighted by Crippen LogP contribution is -2.36. The van der Waals surface area contributed by atoms with Crippen LogP contribution < -0.4 is 5.32 Å². The molecule has 0 aliphatic carbocycles. The quantitative estimate of drug-likeness (QED) is 0.800. The number of amides is 1. The fourth-order valence-corrected chi connectivity index (χ4v) is 2.41. The van der Waals surface area contributed by atoms with Crippen molar-refractivity contribution in [3.8, 4) is 0 Å². The second kappa shape index (κ2) is 8.84. The maximum absolute atomic E-state index is 12.6. The third kappa shape index (κ3) is 4.71. The number of hydrogen-bond donors (Lipinski definition) is 1. The first-order valence-electron chi connectivity index (χ1n) is 7.06. The van der Waals surface area contributed by atoms with Crippen LogP contribution in [-0.4, -0.2) is 47.4 Å². The number of nitrogens with one attached hydrogen (secondary N) is 1. The predicted octanol–water partition coefficient (Wildman–Crippen LogP) is 3.12. The molecule has 1 atom stereocenters. The minimum atomic E-state index is 0.0327. The maximum Gasteiger partial charge on any atom is 0.257 e. The summed E-state index contributed by atoms with van der Waals surface area (Å²) in [6.45, 7) is 5.00. The largest absolute Gasteiger partial charge is 0.369 e. The molecule has 1 amide bonds. The normalized spacial score (nSPS) is 12.0. The fraction of sp³-hybridized carbons (Fsp3) is 0.600. The molecule has 0 aliphatic heterocycles. The van der Waals surface area contributed by atoms with E-state index in [1.54, 1.807) is 18.0 Å². The summed E-state index contributed by atoms with van der Waals surface area (Å²) in [6.07, 6.45) is 5.81. The van der Waals surface area contributed by atoms with Gasteiger partial charge in [0.1, 0.15) is 5.82 Å². The van der Waals surface area contributed by atoms with Crippen LogP contribution in [0.5, 0.6) is 0 Å². The molecule has 1 unspecified atom stereocenters. The molecular formula is C15H25N3OS. The van der Waals surface area contributed by atoms with Gasteiger partial charge in [-0.15, -0.1) is 0 Å². The molecule has 1 aromatic rings. The van der Waals surface area contributed by atoms with Gasteiger partial charge in [0.15, 0.2) is 0 Å². The first-order chi connectivity index (χ1) is 9.61. The molecule has 4 nitrogen and oxygen atoms in total. The standard InChI is InChI=1S/C15H25N3OS/c1-5-9-16-14-13(7-6-10-17-14)15(19)18(3)12(2)8-11-20-4/h6-7,10,12H,5,8-9,11H2,1-4H3,(H,16,17). The van der Waals surface area contributed by atoms with Crippen LogP contribution in [0.1, 0.15) is 37.0 Å². The Bertz CT molecular complexity index is 425. The van der Waals surface area contributed by atoms with Crippen LogP contribution in [0.4, 0.5) is 5.82 Å². The lowest BCUT2D eigenvalue weighted by Gasteiger charge is -2.25. The number of carbonyl (C=O) groups is 1. The smallest absolute Gasteiger partial charge is 0.257 e. The highest BCUT2D eigenvalue weighted by atomic mass is 32.2. The molecule has 112 valence electrons. The molecule has 1 heterocycles. The van der Waals surface area contributed by atoms with E-state index in [1.807, 2.05) is 24.1 Å². The summed E-state index contributed by atoms with van der Waals surface area (Å²) in [5.74, 6) is 1.78. The Labute approximate surface area is 126 Å². The zero-order chi connectivity index (χ0) is 15.0. The summed E-state index contributed by atoms with van der Waals surface area (Å²) in [5.41, 5.74) is 0.652. The van der Waals surface area contributed by atoms with Crippen LogP contribution in [0.15, 0.2) is 18.3 Å². The van der Waals surface area contributed by atoms with Gasteiger partial charge in [0, 0.05) is 25.8 Å². The van der Waals surface area contributed by atoms with Crippen molar-refractivity contribution in [2.24, 2.45) is 0 Å². The van der Waals surface area contributed by atoms with E-state index in [0.717, 1.165) is 25.1 Å². The van der Waals surface area contributed by atoms with Gasteiger partial charge in [0.05, 0.1) is 5.56 Å². The summed E-state index contributed by atoms with van der Waals surface area (Å²) in [7, 11) is 1.87. The molecule has 1 aromatic heterocycles. The average Bonchev–Trinajstić information content (AvgIpc) is 2.49. The van der Waals surface area contributed by atoms with Gasteiger partial charge in [-0.1, -0.05) is 6.92 Å². The van der Waals surface area contributed by atoms with Gasteiger partial charge in [-0.3, -0.25) is 4.79 Å². The molecule has 0 spiro atoms. The van der Waals surface area contributed by atoms with Gasteiger partial charge in [-0.2, -0.15) is 11.8 Å². The summed E-state index contributed by atoms with van der Waals surface area (Å²) >= 11 is 1.81. The zero-order valence-electron chi connectivity index (χ0n) is 12.8. The van der Waals surface area contributed by atoms with Crippen LogP contribution in [0.3, 0.4) is 0 Å². The van der Waals surface area contributed by atoms with Gasteiger partial charge in [0.2, 0.25) is 0 Å². The lowest BCUT2D eigenvalue weighted by atomic mass is 10.1. The van der Waals surface area contributed by atoms with Crippen LogP contribution in [0, 0.1) is 0 Å². The highest BCUT2D eigenvalue weighted by Gasteiger charge is 2.20. The number of thioether (sulfide) groups is 1. The summed E-state index contributed by atoms with van der Waals surface area (Å²) in [6, 6.07) is 3.88. The third-order valence-electron chi connectivity index (χ3n) is 3.30. The predicted molar refractivity (Wildman–Crippen MR) is 87.6 cm³/mol. The van der Waals surface area contributed by atoms with Gasteiger partial charge in [0.25, 0.3) is 5.91 Å². The van der Waals surface area contributed by atoms with Crippen molar-refractivity contribution in [2.45, 2.75) is 32.7 Å². The van der Waals surface area contributed by atoms with Crippen molar-refractivity contribution in [3.05, 3.63) is 23.9 Å². The van der Waals surface area contributed by atoms with Crippen LogP contribution in [-0.2, 0) is 0 Å². The number of rotatable bonds is 8. The van der Waals surface area contributed by atoms with Gasteiger partial charge < -0.3 is 10.2 Å². The van der Waals surface area contributed by atoms with E-state index < -0.39 is 0 Å². The number of aromatic nitrogens is 1. The van der Waals surface area contributed by atoms with Crippen molar-refractivity contribution in [3.63, 3.8) is 0 Å². The molecule has 0 bridgehead atoms. The molecule has 0 saturated carbocycles. The Morgan fingerprint density at radius 3 is 2.95 bits per heavy atom. The molecular weight excluding hydrogens is 270 g/mol. The van der Waals surface area contributed by atoms with Crippen molar-refractivity contribution in [1.82, 2.24) is 9.88 Å². The number of hydrogen-bond acceptors (Lipinski definition) is 4. The van der Waals surface area contributed by atoms with E-state index in [4.69, 9.17) is 0 Å². The summed E-state index contributed by atoms with van der Waals surface area (Å²) in [5, 5.41) is 3.22. The van der Waals surface area contributed by atoms with Crippen LogP contribution >= 0.6 is 11.8 Å². The Morgan fingerprint density at radius 2 is 2.30 bits per heavy atom. The van der Waals surface area contributed by atoms with Crippen molar-refractivity contribution in [2.75, 3.05) is 30.9 Å². The molecule has 0 saturated heterocycles. The number of anilines is 1. The zero-order valence-corrected chi connectivity index (χ0v) is 13.7. The molecule has 0 aromatic carbocycles. The SMILES string of the molecule is CCCNc1ncccc1C(=O)N(C)C(C)CCSC. The van der Waals surface area contributed by atoms with E-state index in [9.17, 15) is 4.79 Å². The highest BCUT2D eigenvalue weighted by Crippen LogP contribution is 2.16.